The SMILES string of the molecule is F[B-](F)(F)F.O=S1(=O)CCCC1.[NaH]. The molecule has 0 aromatic rings. The van der Waals surface area contributed by atoms with E-state index in [0.717, 1.165) is 12.8 Å². The number of halogens is 4. The molecule has 1 fully saturated rings. The Hall–Kier alpha value is 0.735. The first-order valence-electron chi connectivity index (χ1n) is 3.28. The van der Waals surface area contributed by atoms with E-state index in [0.29, 0.717) is 11.5 Å². The summed E-state index contributed by atoms with van der Waals surface area (Å²) in [5.41, 5.74) is 0. The summed E-state index contributed by atoms with van der Waals surface area (Å²) in [6, 6.07) is 0. The molecule has 0 bridgehead atoms. The maximum atomic E-state index is 10.4. The Morgan fingerprint density at radius 2 is 1.15 bits per heavy atom. The van der Waals surface area contributed by atoms with Gasteiger partial charge in [-0.15, -0.1) is 0 Å². The van der Waals surface area contributed by atoms with Crippen LogP contribution in [0.4, 0.5) is 17.3 Å². The summed E-state index contributed by atoms with van der Waals surface area (Å²) in [7, 11) is -8.55. The first-order valence-corrected chi connectivity index (χ1v) is 5.10. The van der Waals surface area contributed by atoms with E-state index in [-0.39, 0.29) is 29.6 Å². The molecular formula is C4H9BF4NaO2S-. The topological polar surface area (TPSA) is 34.1 Å². The van der Waals surface area contributed by atoms with Crippen molar-refractivity contribution in [1.29, 1.82) is 0 Å². The van der Waals surface area contributed by atoms with E-state index < -0.39 is 17.1 Å². The zero-order chi connectivity index (χ0) is 9.83. The molecule has 1 aliphatic heterocycles. The molecule has 1 aliphatic rings. The van der Waals surface area contributed by atoms with Gasteiger partial charge in [0.05, 0.1) is 11.5 Å². The first-order chi connectivity index (χ1) is 5.21. The first kappa shape index (κ1) is 16.2. The minimum atomic E-state index is -6.00. The third kappa shape index (κ3) is 15.5. The van der Waals surface area contributed by atoms with Gasteiger partial charge in [-0.2, -0.15) is 0 Å². The van der Waals surface area contributed by atoms with Crippen LogP contribution in [-0.4, -0.2) is 56.7 Å². The molecule has 1 rings (SSSR count). The van der Waals surface area contributed by atoms with Crippen molar-refractivity contribution in [3.8, 4) is 0 Å². The molecule has 1 heterocycles. The number of hydrogen-bond acceptors (Lipinski definition) is 2. The van der Waals surface area contributed by atoms with Crippen molar-refractivity contribution in [2.45, 2.75) is 12.8 Å². The maximum absolute atomic E-state index is 10.4. The zero-order valence-electron chi connectivity index (χ0n) is 6.14. The van der Waals surface area contributed by atoms with Gasteiger partial charge in [0.1, 0.15) is 9.84 Å². The standard InChI is InChI=1S/C4H8O2S.BF4.Na.H/c5-7(6)3-1-2-4-7;2-1(3,4)5;;/h1-4H2;;;/q;-1;;. The summed E-state index contributed by atoms with van der Waals surface area (Å²) in [6.07, 6.45) is 1.75. The molecule has 9 heteroatoms. The molecule has 13 heavy (non-hydrogen) atoms. The summed E-state index contributed by atoms with van der Waals surface area (Å²) in [4.78, 5) is 0. The van der Waals surface area contributed by atoms with Crippen molar-refractivity contribution in [3.63, 3.8) is 0 Å². The molecule has 0 spiro atoms. The van der Waals surface area contributed by atoms with Crippen molar-refractivity contribution in [1.82, 2.24) is 0 Å². The van der Waals surface area contributed by atoms with Crippen LogP contribution in [0.5, 0.6) is 0 Å². The van der Waals surface area contributed by atoms with Gasteiger partial charge in [0.15, 0.2) is 0 Å². The average Bonchev–Trinajstić information content (AvgIpc) is 2.08. The normalized spacial score (nSPS) is 19.7. The van der Waals surface area contributed by atoms with E-state index in [2.05, 4.69) is 0 Å². The molecule has 0 aromatic heterocycles. The van der Waals surface area contributed by atoms with Gasteiger partial charge < -0.3 is 17.3 Å². The summed E-state index contributed by atoms with van der Waals surface area (Å²) in [6.45, 7) is 0. The predicted molar refractivity (Wildman–Crippen MR) is 45.2 cm³/mol. The van der Waals surface area contributed by atoms with Gasteiger partial charge in [-0.1, -0.05) is 0 Å². The van der Waals surface area contributed by atoms with E-state index in [1.807, 2.05) is 0 Å². The fraction of sp³-hybridized carbons (Fsp3) is 1.00. The Morgan fingerprint density at radius 3 is 1.23 bits per heavy atom. The molecule has 2 nitrogen and oxygen atoms in total. The van der Waals surface area contributed by atoms with E-state index in [1.54, 1.807) is 0 Å². The zero-order valence-corrected chi connectivity index (χ0v) is 6.96. The molecule has 0 saturated carbocycles. The van der Waals surface area contributed by atoms with Gasteiger partial charge in [-0.05, 0) is 12.8 Å². The number of sulfone groups is 1. The number of hydrogen-bond donors (Lipinski definition) is 0. The van der Waals surface area contributed by atoms with Crippen molar-refractivity contribution in [3.05, 3.63) is 0 Å². The molecule has 0 atom stereocenters. The van der Waals surface area contributed by atoms with Gasteiger partial charge >= 0.3 is 36.8 Å². The van der Waals surface area contributed by atoms with E-state index >= 15 is 0 Å². The van der Waals surface area contributed by atoms with Gasteiger partial charge in [0.2, 0.25) is 0 Å². The Balaban J connectivity index is 0. The van der Waals surface area contributed by atoms with Gasteiger partial charge in [-0.3, -0.25) is 0 Å². The molecule has 1 saturated heterocycles. The monoisotopic (exact) mass is 231 g/mol. The van der Waals surface area contributed by atoms with Crippen LogP contribution < -0.4 is 0 Å². The van der Waals surface area contributed by atoms with Crippen LogP contribution in [0.15, 0.2) is 0 Å². The van der Waals surface area contributed by atoms with Crippen LogP contribution in [-0.2, 0) is 9.84 Å². The van der Waals surface area contributed by atoms with Crippen LogP contribution in [0.3, 0.4) is 0 Å². The quantitative estimate of drug-likeness (QED) is 0.457. The third-order valence-electron chi connectivity index (χ3n) is 1.16. The van der Waals surface area contributed by atoms with E-state index in [1.165, 1.54) is 0 Å². The van der Waals surface area contributed by atoms with Crippen molar-refractivity contribution in [2.75, 3.05) is 11.5 Å². The average molecular weight is 231 g/mol. The van der Waals surface area contributed by atoms with Crippen molar-refractivity contribution < 1.29 is 25.7 Å². The second-order valence-corrected chi connectivity index (χ2v) is 4.66. The summed E-state index contributed by atoms with van der Waals surface area (Å²) < 4.78 is 59.9. The van der Waals surface area contributed by atoms with Gasteiger partial charge in [0, 0.05) is 0 Å². The Morgan fingerprint density at radius 1 is 0.923 bits per heavy atom. The third-order valence-corrected chi connectivity index (χ3v) is 2.98. The Kier molecular flexibility index (Phi) is 7.79. The molecule has 0 aromatic carbocycles. The Labute approximate surface area is 96.4 Å². The van der Waals surface area contributed by atoms with E-state index in [9.17, 15) is 25.7 Å². The fourth-order valence-corrected chi connectivity index (χ4v) is 2.24. The summed E-state index contributed by atoms with van der Waals surface area (Å²) in [5, 5.41) is 0. The second-order valence-electron chi connectivity index (χ2n) is 2.35. The molecule has 0 aliphatic carbocycles. The fourth-order valence-electron chi connectivity index (χ4n) is 0.746. The summed E-state index contributed by atoms with van der Waals surface area (Å²) in [5.74, 6) is 0.847. The van der Waals surface area contributed by atoms with Crippen LogP contribution in [0.2, 0.25) is 0 Å². The number of rotatable bonds is 0. The van der Waals surface area contributed by atoms with Gasteiger partial charge in [-0.25, -0.2) is 8.42 Å². The van der Waals surface area contributed by atoms with Gasteiger partial charge in [0.25, 0.3) is 0 Å². The Bertz CT molecular complexity index is 209. The molecular weight excluding hydrogens is 222 g/mol. The van der Waals surface area contributed by atoms with Crippen LogP contribution >= 0.6 is 0 Å². The van der Waals surface area contributed by atoms with Crippen LogP contribution in [0.25, 0.3) is 0 Å². The minimum absolute atomic E-state index is 0. The van der Waals surface area contributed by atoms with Crippen LogP contribution in [0, 0.1) is 0 Å². The predicted octanol–water partition coefficient (Wildman–Crippen LogP) is 0.847. The van der Waals surface area contributed by atoms with Crippen LogP contribution in [0.1, 0.15) is 12.8 Å². The molecule has 0 unspecified atom stereocenters. The molecule has 76 valence electrons. The van der Waals surface area contributed by atoms with E-state index in [4.69, 9.17) is 0 Å². The molecule has 0 N–H and O–H groups in total. The van der Waals surface area contributed by atoms with Crippen molar-refractivity contribution >= 4 is 46.6 Å². The molecule has 0 radical (unpaired) electrons. The summed E-state index contributed by atoms with van der Waals surface area (Å²) >= 11 is 0. The second kappa shape index (κ2) is 6.26. The van der Waals surface area contributed by atoms with Crippen molar-refractivity contribution in [2.24, 2.45) is 0 Å². The molecule has 0 amide bonds.